The monoisotopic (exact) mass is 462 g/mol. The number of likely N-dealkylation sites (tertiary alicyclic amines) is 1. The Hall–Kier alpha value is -0.780. The number of nitrogens with zero attached hydrogens (tertiary/aromatic N) is 2. The lowest BCUT2D eigenvalue weighted by molar-refractivity contribution is 0.00701. The van der Waals surface area contributed by atoms with Gasteiger partial charge in [-0.05, 0) is 20.8 Å². The molecule has 1 fully saturated rings. The van der Waals surface area contributed by atoms with Gasteiger partial charge in [-0.15, -0.1) is 24.0 Å². The van der Waals surface area contributed by atoms with Crippen LogP contribution >= 0.6 is 24.0 Å². The van der Waals surface area contributed by atoms with Gasteiger partial charge in [0.2, 0.25) is 0 Å². The molecule has 1 aliphatic heterocycles. The van der Waals surface area contributed by atoms with Gasteiger partial charge in [-0.2, -0.15) is 0 Å². The van der Waals surface area contributed by atoms with Crippen LogP contribution in [0.5, 0.6) is 0 Å². The minimum Gasteiger partial charge on any atom is -0.444 e. The van der Waals surface area contributed by atoms with E-state index in [2.05, 4.69) is 15.6 Å². The van der Waals surface area contributed by atoms with Crippen molar-refractivity contribution in [3.05, 3.63) is 0 Å². The Morgan fingerprint density at radius 2 is 1.91 bits per heavy atom. The largest absolute Gasteiger partial charge is 0.444 e. The van der Waals surface area contributed by atoms with E-state index in [0.29, 0.717) is 25.6 Å². The summed E-state index contributed by atoms with van der Waals surface area (Å²) in [5, 5.41) is 6.06. The molecule has 0 unspecified atom stereocenters. The molecule has 0 atom stereocenters. The minimum absolute atomic E-state index is 0. The fourth-order valence-corrected chi connectivity index (χ4v) is 2.26. The zero-order valence-electron chi connectivity index (χ0n) is 14.2. The average molecular weight is 462 g/mol. The molecule has 0 aromatic rings. The molecular formula is C13H27IN4O4S. The Balaban J connectivity index is 0.00000484. The summed E-state index contributed by atoms with van der Waals surface area (Å²) in [4.78, 5) is 17.4. The highest BCUT2D eigenvalue weighted by Gasteiger charge is 2.34. The number of amides is 1. The van der Waals surface area contributed by atoms with Crippen LogP contribution in [0.4, 0.5) is 4.79 Å². The molecule has 2 N–H and O–H groups in total. The molecule has 0 aliphatic carbocycles. The van der Waals surface area contributed by atoms with Gasteiger partial charge in [0.25, 0.3) is 0 Å². The fraction of sp³-hybridized carbons (Fsp3) is 0.846. The molecule has 0 aromatic heterocycles. The van der Waals surface area contributed by atoms with Gasteiger partial charge in [-0.3, -0.25) is 4.99 Å². The van der Waals surface area contributed by atoms with E-state index in [1.165, 1.54) is 6.26 Å². The molecule has 0 aromatic carbocycles. The van der Waals surface area contributed by atoms with Crippen molar-refractivity contribution in [1.82, 2.24) is 15.5 Å². The molecule has 0 radical (unpaired) electrons. The molecule has 1 heterocycles. The van der Waals surface area contributed by atoms with Crippen molar-refractivity contribution in [3.63, 3.8) is 0 Å². The number of guanidine groups is 1. The lowest BCUT2D eigenvalue weighted by Gasteiger charge is -2.40. The predicted molar refractivity (Wildman–Crippen MR) is 101 cm³/mol. The highest BCUT2D eigenvalue weighted by atomic mass is 127. The second kappa shape index (κ2) is 8.90. The van der Waals surface area contributed by atoms with E-state index in [9.17, 15) is 13.2 Å². The fourth-order valence-electron chi connectivity index (χ4n) is 1.79. The van der Waals surface area contributed by atoms with E-state index in [0.717, 1.165) is 0 Å². The van der Waals surface area contributed by atoms with Crippen molar-refractivity contribution in [2.45, 2.75) is 32.4 Å². The average Bonchev–Trinajstić information content (AvgIpc) is 2.26. The molecule has 1 aliphatic rings. The third-order valence-electron chi connectivity index (χ3n) is 2.86. The molecule has 8 nitrogen and oxygen atoms in total. The zero-order chi connectivity index (χ0) is 17.0. The van der Waals surface area contributed by atoms with Crippen molar-refractivity contribution < 1.29 is 17.9 Å². The summed E-state index contributed by atoms with van der Waals surface area (Å²) in [6.07, 6.45) is 0.862. The van der Waals surface area contributed by atoms with Crippen molar-refractivity contribution >= 4 is 45.9 Å². The van der Waals surface area contributed by atoms with Crippen LogP contribution in [0.15, 0.2) is 4.99 Å². The van der Waals surface area contributed by atoms with Crippen LogP contribution in [-0.4, -0.2) is 75.7 Å². The normalized spacial score (nSPS) is 16.2. The first-order valence-corrected chi connectivity index (χ1v) is 9.19. The third kappa shape index (κ3) is 9.18. The van der Waals surface area contributed by atoms with E-state index in [1.54, 1.807) is 11.9 Å². The first-order valence-electron chi connectivity index (χ1n) is 7.13. The topological polar surface area (TPSA) is 100 Å². The van der Waals surface area contributed by atoms with Crippen molar-refractivity contribution in [2.24, 2.45) is 4.99 Å². The van der Waals surface area contributed by atoms with Gasteiger partial charge in [0.15, 0.2) is 5.96 Å². The summed E-state index contributed by atoms with van der Waals surface area (Å²) in [5.41, 5.74) is -0.501. The Kier molecular flexibility index (Phi) is 8.60. The number of rotatable bonds is 4. The summed E-state index contributed by atoms with van der Waals surface area (Å²) in [6.45, 7) is 6.83. The summed E-state index contributed by atoms with van der Waals surface area (Å²) in [7, 11) is -1.39. The van der Waals surface area contributed by atoms with E-state index >= 15 is 0 Å². The number of aliphatic imine (C=N–C) groups is 1. The Labute approximate surface area is 155 Å². The van der Waals surface area contributed by atoms with Crippen LogP contribution in [0.1, 0.15) is 20.8 Å². The number of hydrogen-bond acceptors (Lipinski definition) is 5. The SMILES string of the molecule is CN=C(NCCS(C)(=O)=O)NC1CN(C(=O)OC(C)(C)C)C1.I. The maximum atomic E-state index is 11.8. The number of ether oxygens (including phenoxy) is 1. The number of carbonyl (C=O) groups is 1. The van der Waals surface area contributed by atoms with Crippen LogP contribution in [0, 0.1) is 0 Å². The molecule has 0 spiro atoms. The van der Waals surface area contributed by atoms with Crippen LogP contribution in [0.2, 0.25) is 0 Å². The second-order valence-corrected chi connectivity index (χ2v) is 8.62. The first-order chi connectivity index (χ1) is 10.00. The van der Waals surface area contributed by atoms with Gasteiger partial charge in [0, 0.05) is 32.9 Å². The quantitative estimate of drug-likeness (QED) is 0.357. The van der Waals surface area contributed by atoms with Gasteiger partial charge >= 0.3 is 6.09 Å². The van der Waals surface area contributed by atoms with E-state index in [1.807, 2.05) is 20.8 Å². The van der Waals surface area contributed by atoms with Crippen molar-refractivity contribution in [2.75, 3.05) is 38.7 Å². The molecule has 1 amide bonds. The highest BCUT2D eigenvalue weighted by Crippen LogP contribution is 2.14. The van der Waals surface area contributed by atoms with Gasteiger partial charge in [-0.25, -0.2) is 13.2 Å². The Bertz CT molecular complexity index is 525. The smallest absolute Gasteiger partial charge is 0.410 e. The molecule has 1 saturated heterocycles. The molecule has 0 saturated carbocycles. The minimum atomic E-state index is -3.00. The van der Waals surface area contributed by atoms with Gasteiger partial charge < -0.3 is 20.3 Å². The lowest BCUT2D eigenvalue weighted by Crippen LogP contribution is -2.63. The molecular weight excluding hydrogens is 435 g/mol. The van der Waals surface area contributed by atoms with Gasteiger partial charge in [0.05, 0.1) is 11.8 Å². The zero-order valence-corrected chi connectivity index (χ0v) is 17.4. The third-order valence-corrected chi connectivity index (χ3v) is 3.81. The summed E-state index contributed by atoms with van der Waals surface area (Å²) >= 11 is 0. The molecule has 23 heavy (non-hydrogen) atoms. The van der Waals surface area contributed by atoms with E-state index in [-0.39, 0.29) is 41.9 Å². The number of nitrogens with one attached hydrogen (secondary N) is 2. The van der Waals surface area contributed by atoms with Crippen LogP contribution in [-0.2, 0) is 14.6 Å². The van der Waals surface area contributed by atoms with Gasteiger partial charge in [-0.1, -0.05) is 0 Å². The molecule has 10 heteroatoms. The first kappa shape index (κ1) is 22.2. The summed E-state index contributed by atoms with van der Waals surface area (Å²) in [6, 6.07) is 0.0805. The van der Waals surface area contributed by atoms with Crippen LogP contribution in [0.25, 0.3) is 0 Å². The number of carbonyl (C=O) groups excluding carboxylic acids is 1. The Morgan fingerprint density at radius 3 is 2.35 bits per heavy atom. The van der Waals surface area contributed by atoms with Crippen molar-refractivity contribution in [3.8, 4) is 0 Å². The Morgan fingerprint density at radius 1 is 1.35 bits per heavy atom. The van der Waals surface area contributed by atoms with E-state index < -0.39 is 15.4 Å². The van der Waals surface area contributed by atoms with Gasteiger partial charge in [0.1, 0.15) is 15.4 Å². The predicted octanol–water partition coefficient (Wildman–Crippen LogP) is 0.433. The summed E-state index contributed by atoms with van der Waals surface area (Å²) < 4.78 is 27.4. The maximum absolute atomic E-state index is 11.8. The molecule has 0 bridgehead atoms. The summed E-state index contributed by atoms with van der Waals surface area (Å²) in [5.74, 6) is 0.570. The van der Waals surface area contributed by atoms with Crippen LogP contribution < -0.4 is 10.6 Å². The number of sulfone groups is 1. The highest BCUT2D eigenvalue weighted by molar-refractivity contribution is 14.0. The standard InChI is InChI=1S/C13H26N4O4S.HI/c1-13(2,3)21-12(18)17-8-10(9-17)16-11(14-4)15-6-7-22(5,19)20;/h10H,6-9H2,1-5H3,(H2,14,15,16);1H. The second-order valence-electron chi connectivity index (χ2n) is 6.36. The van der Waals surface area contributed by atoms with Crippen molar-refractivity contribution in [1.29, 1.82) is 0 Å². The number of hydrogen-bond donors (Lipinski definition) is 2. The van der Waals surface area contributed by atoms with E-state index in [4.69, 9.17) is 4.74 Å². The van der Waals surface area contributed by atoms with Crippen LogP contribution in [0.3, 0.4) is 0 Å². The maximum Gasteiger partial charge on any atom is 0.410 e. The lowest BCUT2D eigenvalue weighted by atomic mass is 10.1. The number of halogens is 1. The molecule has 136 valence electrons. The molecule has 1 rings (SSSR count).